The van der Waals surface area contributed by atoms with Crippen molar-refractivity contribution in [3.63, 3.8) is 0 Å². The van der Waals surface area contributed by atoms with Crippen molar-refractivity contribution < 1.29 is 38.4 Å². The van der Waals surface area contributed by atoms with E-state index >= 15 is 0 Å². The Kier molecular flexibility index (Phi) is 10.6. The lowest BCUT2D eigenvalue weighted by molar-refractivity contribution is -0.0522. The summed E-state index contributed by atoms with van der Waals surface area (Å²) < 4.78 is 40.1. The molecule has 0 aliphatic carbocycles. The monoisotopic (exact) mass is 606 g/mol. The molecule has 2 aromatic heterocycles. The summed E-state index contributed by atoms with van der Waals surface area (Å²) in [7, 11) is -1.20. The summed E-state index contributed by atoms with van der Waals surface area (Å²) in [5.74, 6) is 0. The van der Waals surface area contributed by atoms with E-state index in [4.69, 9.17) is 35.8 Å². The predicted molar refractivity (Wildman–Crippen MR) is 144 cm³/mol. The Balaban J connectivity index is 0.00000216. The number of hydrogen-bond donors (Lipinski definition) is 4. The Hall–Kier alpha value is -2.27. The van der Waals surface area contributed by atoms with Crippen LogP contribution in [0.3, 0.4) is 0 Å². The molecular weight excluding hydrogens is 571 g/mol. The molecular formula is C23H35N4O11PS. The van der Waals surface area contributed by atoms with Crippen molar-refractivity contribution in [1.29, 1.82) is 0 Å². The van der Waals surface area contributed by atoms with Gasteiger partial charge >= 0.3 is 19.0 Å². The molecule has 2 aliphatic heterocycles. The van der Waals surface area contributed by atoms with E-state index in [1.54, 1.807) is 20.2 Å². The van der Waals surface area contributed by atoms with Crippen LogP contribution in [-0.4, -0.2) is 85.4 Å². The Labute approximate surface area is 234 Å². The molecule has 0 saturated carbocycles. The number of ether oxygens (including phenoxy) is 2. The third-order valence-electron chi connectivity index (χ3n) is 6.61. The number of aromatic amines is 1. The Morgan fingerprint density at radius 1 is 1.07 bits per heavy atom. The van der Waals surface area contributed by atoms with Gasteiger partial charge in [-0.05, 0) is 13.8 Å². The molecule has 0 unspecified atom stereocenters. The van der Waals surface area contributed by atoms with Crippen LogP contribution in [0.2, 0.25) is 0 Å². The van der Waals surface area contributed by atoms with Crippen molar-refractivity contribution in [2.75, 3.05) is 27.0 Å². The standard InChI is InChI=1S/C22H31N4O10PS.CH4O/c1-11-7-25(21(30)23-19(11)29)18-6-14(15(9-27)34-18)36-37(4,32)33-10-16-13(28)5-17(35-16)26-8-12(2)20(38)24(3)22(26)31;1-2/h7-8,13-18,27-28H,5-6,9-10H2,1-4H3,(H,23,29,30);2H,1H3/t13-,14-,15+,16+,17+,18+,37-;/m0./s1. The number of aliphatic hydroxyl groups is 3. The number of aromatic nitrogens is 4. The van der Waals surface area contributed by atoms with Gasteiger partial charge in [-0.2, -0.15) is 0 Å². The molecule has 4 rings (SSSR count). The summed E-state index contributed by atoms with van der Waals surface area (Å²) >= 11 is 5.21. The minimum Gasteiger partial charge on any atom is -0.400 e. The third-order valence-corrected chi connectivity index (χ3v) is 8.48. The highest BCUT2D eigenvalue weighted by molar-refractivity contribution is 7.71. The minimum absolute atomic E-state index is 0.0561. The van der Waals surface area contributed by atoms with Gasteiger partial charge in [0.05, 0.1) is 25.4 Å². The molecule has 0 aromatic carbocycles. The Morgan fingerprint density at radius 2 is 1.68 bits per heavy atom. The topological polar surface area (TPSA) is 196 Å². The van der Waals surface area contributed by atoms with E-state index in [0.717, 1.165) is 7.11 Å². The lowest BCUT2D eigenvalue weighted by atomic mass is 10.2. The molecule has 0 bridgehead atoms. The minimum atomic E-state index is -3.76. The van der Waals surface area contributed by atoms with E-state index in [1.807, 2.05) is 0 Å². The highest BCUT2D eigenvalue weighted by Gasteiger charge is 2.42. The molecule has 17 heteroatoms. The number of hydrogen-bond acceptors (Lipinski definition) is 12. The largest absolute Gasteiger partial charge is 0.400 e. The van der Waals surface area contributed by atoms with Crippen LogP contribution in [0.1, 0.15) is 36.4 Å². The number of aryl methyl sites for hydroxylation is 2. The van der Waals surface area contributed by atoms with Crippen LogP contribution in [0.25, 0.3) is 0 Å². The van der Waals surface area contributed by atoms with Crippen molar-refractivity contribution in [2.24, 2.45) is 7.05 Å². The van der Waals surface area contributed by atoms with Crippen LogP contribution in [0, 0.1) is 18.5 Å². The predicted octanol–water partition coefficient (Wildman–Crippen LogP) is -0.155. The van der Waals surface area contributed by atoms with Crippen molar-refractivity contribution in [3.8, 4) is 0 Å². The fourth-order valence-electron chi connectivity index (χ4n) is 4.52. The summed E-state index contributed by atoms with van der Waals surface area (Å²) in [5.41, 5.74) is -0.618. The Morgan fingerprint density at radius 3 is 2.33 bits per heavy atom. The van der Waals surface area contributed by atoms with Crippen molar-refractivity contribution in [3.05, 3.63) is 59.5 Å². The molecule has 224 valence electrons. The maximum absolute atomic E-state index is 13.1. The maximum atomic E-state index is 13.1. The Bertz CT molecular complexity index is 1480. The first-order chi connectivity index (χ1) is 18.8. The molecule has 15 nitrogen and oxygen atoms in total. The van der Waals surface area contributed by atoms with Crippen LogP contribution < -0.4 is 16.9 Å². The number of nitrogens with zero attached hydrogens (tertiary/aromatic N) is 3. The number of H-pyrrole nitrogens is 1. The quantitative estimate of drug-likeness (QED) is 0.229. The van der Waals surface area contributed by atoms with Crippen LogP contribution >= 0.6 is 19.8 Å². The first-order valence-electron chi connectivity index (χ1n) is 12.4. The zero-order chi connectivity index (χ0) is 29.9. The molecule has 2 saturated heterocycles. The fraction of sp³-hybridized carbons (Fsp3) is 0.652. The molecule has 2 fully saturated rings. The first kappa shape index (κ1) is 32.2. The normalized spacial score (nSPS) is 27.7. The van der Waals surface area contributed by atoms with E-state index in [9.17, 15) is 29.2 Å². The SMILES string of the molecule is CO.Cc1cn([C@H]2C[C@H](O[P@@](C)(=O)OC[C@H]3O[C@@H](n4cc(C)c(=S)n(C)c4=O)C[C@@H]3O)[C@@H](CO)O2)c(=O)[nH]c1=O. The van der Waals surface area contributed by atoms with Gasteiger partial charge in [0.1, 0.15) is 29.3 Å². The zero-order valence-electron chi connectivity index (χ0n) is 22.8. The van der Waals surface area contributed by atoms with Gasteiger partial charge in [-0.25, -0.2) is 9.59 Å². The van der Waals surface area contributed by atoms with Crippen LogP contribution in [-0.2, 0) is 30.1 Å². The average Bonchev–Trinajstić information content (AvgIpc) is 3.49. The molecule has 0 radical (unpaired) electrons. The van der Waals surface area contributed by atoms with Gasteiger partial charge in [0, 0.05) is 57.2 Å². The lowest BCUT2D eigenvalue weighted by Gasteiger charge is -2.23. The third kappa shape index (κ3) is 6.95. The summed E-state index contributed by atoms with van der Waals surface area (Å²) in [4.78, 5) is 38.7. The van der Waals surface area contributed by atoms with Gasteiger partial charge in [-0.15, -0.1) is 0 Å². The van der Waals surface area contributed by atoms with Gasteiger partial charge in [0.15, 0.2) is 0 Å². The van der Waals surface area contributed by atoms with E-state index < -0.39 is 68.0 Å². The molecule has 4 N–H and O–H groups in total. The van der Waals surface area contributed by atoms with Gasteiger partial charge < -0.3 is 33.8 Å². The molecule has 2 aromatic rings. The molecule has 0 spiro atoms. The average molecular weight is 607 g/mol. The van der Waals surface area contributed by atoms with Crippen LogP contribution in [0.15, 0.2) is 26.8 Å². The lowest BCUT2D eigenvalue weighted by Crippen LogP contribution is -2.33. The van der Waals surface area contributed by atoms with E-state index in [-0.39, 0.29) is 19.4 Å². The van der Waals surface area contributed by atoms with Gasteiger partial charge in [-0.1, -0.05) is 12.2 Å². The van der Waals surface area contributed by atoms with Crippen molar-refractivity contribution >= 4 is 19.8 Å². The fourth-order valence-corrected chi connectivity index (χ4v) is 5.84. The van der Waals surface area contributed by atoms with E-state index in [0.29, 0.717) is 15.8 Å². The number of aliphatic hydroxyl groups excluding tert-OH is 3. The number of rotatable bonds is 8. The van der Waals surface area contributed by atoms with Crippen molar-refractivity contribution in [2.45, 2.75) is 63.6 Å². The highest BCUT2D eigenvalue weighted by atomic mass is 32.1. The molecule has 4 heterocycles. The van der Waals surface area contributed by atoms with Crippen LogP contribution in [0.5, 0.6) is 0 Å². The second-order valence-corrected chi connectivity index (χ2v) is 11.9. The molecule has 2 aliphatic rings. The summed E-state index contributed by atoms with van der Waals surface area (Å²) in [6.07, 6.45) is -2.25. The van der Waals surface area contributed by atoms with Gasteiger partial charge in [0.2, 0.25) is 0 Å². The summed E-state index contributed by atoms with van der Waals surface area (Å²) in [6, 6.07) is 0. The van der Waals surface area contributed by atoms with Crippen molar-refractivity contribution in [1.82, 2.24) is 18.7 Å². The summed E-state index contributed by atoms with van der Waals surface area (Å²) in [6.45, 7) is 3.77. The molecule has 7 atom stereocenters. The summed E-state index contributed by atoms with van der Waals surface area (Å²) in [5, 5.41) is 27.3. The molecule has 40 heavy (non-hydrogen) atoms. The maximum Gasteiger partial charge on any atom is 0.331 e. The first-order valence-corrected chi connectivity index (χ1v) is 14.8. The zero-order valence-corrected chi connectivity index (χ0v) is 24.5. The number of nitrogens with one attached hydrogen (secondary N) is 1. The smallest absolute Gasteiger partial charge is 0.331 e. The van der Waals surface area contributed by atoms with Gasteiger partial charge in [0.25, 0.3) is 5.56 Å². The van der Waals surface area contributed by atoms with Gasteiger partial charge in [-0.3, -0.25) is 28.0 Å². The second-order valence-electron chi connectivity index (χ2n) is 9.54. The van der Waals surface area contributed by atoms with E-state index in [1.165, 1.54) is 33.5 Å². The highest BCUT2D eigenvalue weighted by Crippen LogP contribution is 2.49. The van der Waals surface area contributed by atoms with Crippen LogP contribution in [0.4, 0.5) is 0 Å². The molecule has 0 amide bonds. The van der Waals surface area contributed by atoms with E-state index in [2.05, 4.69) is 4.98 Å². The second kappa shape index (κ2) is 13.1.